The van der Waals surface area contributed by atoms with Crippen LogP contribution in [-0.2, 0) is 0 Å². The van der Waals surface area contributed by atoms with Crippen molar-refractivity contribution in [1.29, 1.82) is 0 Å². The Morgan fingerprint density at radius 2 is 1.81 bits per heavy atom. The lowest BCUT2D eigenvalue weighted by Gasteiger charge is -2.37. The molecule has 2 aromatic carbocycles. The van der Waals surface area contributed by atoms with Crippen LogP contribution >= 0.6 is 0 Å². The quantitative estimate of drug-likeness (QED) is 0.904. The molecule has 0 aliphatic heterocycles. The Morgan fingerprint density at radius 1 is 1.05 bits per heavy atom. The molecule has 0 unspecified atom stereocenters. The van der Waals surface area contributed by atoms with Crippen LogP contribution in [0.2, 0.25) is 0 Å². The molecule has 1 aliphatic rings. The lowest BCUT2D eigenvalue weighted by atomic mass is 9.76. The normalized spacial score (nSPS) is 20.7. The number of hydrogen-bond donors (Lipinski definition) is 1. The van der Waals surface area contributed by atoms with Gasteiger partial charge in [-0.2, -0.15) is 0 Å². The Balaban J connectivity index is 1.62. The molecule has 0 bridgehead atoms. The maximum Gasteiger partial charge on any atom is 0.144 e. The molecule has 1 N–H and O–H groups in total. The third-order valence-electron chi connectivity index (χ3n) is 3.98. The van der Waals surface area contributed by atoms with Crippen LogP contribution in [0.4, 0.5) is 14.5 Å². The highest BCUT2D eigenvalue weighted by Gasteiger charge is 2.30. The zero-order valence-corrected chi connectivity index (χ0v) is 11.8. The van der Waals surface area contributed by atoms with Crippen LogP contribution in [-0.4, -0.2) is 13.2 Å². The molecule has 1 saturated carbocycles. The van der Waals surface area contributed by atoms with Gasteiger partial charge in [-0.15, -0.1) is 0 Å². The summed E-state index contributed by atoms with van der Waals surface area (Å²) in [4.78, 5) is 0. The molecular formula is C17H17F2NO. The molecule has 4 heteroatoms. The number of ether oxygens (including phenoxy) is 1. The Hall–Kier alpha value is -2.10. The zero-order valence-electron chi connectivity index (χ0n) is 11.8. The van der Waals surface area contributed by atoms with Gasteiger partial charge in [-0.25, -0.2) is 8.78 Å². The molecular weight excluding hydrogens is 272 g/mol. The summed E-state index contributed by atoms with van der Waals surface area (Å²) in [7, 11) is 1.52. The molecule has 1 fully saturated rings. The van der Waals surface area contributed by atoms with Crippen molar-refractivity contribution in [3.63, 3.8) is 0 Å². The summed E-state index contributed by atoms with van der Waals surface area (Å²) in [5, 5.41) is 3.35. The molecule has 0 aromatic heterocycles. The molecule has 3 rings (SSSR count). The summed E-state index contributed by atoms with van der Waals surface area (Å²) in [5.74, 6) is 0.376. The standard InChI is InChI=1S/C17H17F2NO/c1-21-17-10-14(19)5-6-16(17)20-15-8-12(9-15)11-3-2-4-13(18)7-11/h2-7,10,12,15,20H,8-9H2,1H3. The highest BCUT2D eigenvalue weighted by atomic mass is 19.1. The van der Waals surface area contributed by atoms with E-state index in [1.54, 1.807) is 18.2 Å². The van der Waals surface area contributed by atoms with E-state index in [0.717, 1.165) is 24.1 Å². The third kappa shape index (κ3) is 2.99. The first-order chi connectivity index (χ1) is 10.2. The van der Waals surface area contributed by atoms with E-state index in [1.165, 1.54) is 25.3 Å². The van der Waals surface area contributed by atoms with Crippen molar-refractivity contribution >= 4 is 5.69 Å². The Labute approximate surface area is 122 Å². The number of rotatable bonds is 4. The molecule has 2 aromatic rings. The molecule has 1 aliphatic carbocycles. The van der Waals surface area contributed by atoms with E-state index in [2.05, 4.69) is 5.32 Å². The Kier molecular flexibility index (Phi) is 3.78. The van der Waals surface area contributed by atoms with Gasteiger partial charge in [0.25, 0.3) is 0 Å². The topological polar surface area (TPSA) is 21.3 Å². The molecule has 0 heterocycles. The predicted octanol–water partition coefficient (Wildman–Crippen LogP) is 4.33. The van der Waals surface area contributed by atoms with E-state index in [4.69, 9.17) is 4.74 Å². The van der Waals surface area contributed by atoms with Crippen molar-refractivity contribution in [2.45, 2.75) is 24.8 Å². The van der Waals surface area contributed by atoms with Gasteiger partial charge in [-0.3, -0.25) is 0 Å². The molecule has 0 spiro atoms. The minimum Gasteiger partial charge on any atom is -0.494 e. The van der Waals surface area contributed by atoms with Gasteiger partial charge < -0.3 is 10.1 Å². The monoisotopic (exact) mass is 289 g/mol. The van der Waals surface area contributed by atoms with Crippen molar-refractivity contribution in [3.05, 3.63) is 59.7 Å². The van der Waals surface area contributed by atoms with Crippen molar-refractivity contribution in [2.75, 3.05) is 12.4 Å². The smallest absolute Gasteiger partial charge is 0.144 e. The van der Waals surface area contributed by atoms with Gasteiger partial charge in [0.2, 0.25) is 0 Å². The summed E-state index contributed by atoms with van der Waals surface area (Å²) in [6.07, 6.45) is 1.87. The molecule has 0 atom stereocenters. The second-order valence-corrected chi connectivity index (χ2v) is 5.41. The highest BCUT2D eigenvalue weighted by molar-refractivity contribution is 5.57. The molecule has 0 saturated heterocycles. The molecule has 21 heavy (non-hydrogen) atoms. The zero-order chi connectivity index (χ0) is 14.8. The van der Waals surface area contributed by atoms with Crippen LogP contribution in [0, 0.1) is 11.6 Å². The minimum absolute atomic E-state index is 0.191. The summed E-state index contributed by atoms with van der Waals surface area (Å²) < 4.78 is 31.5. The van der Waals surface area contributed by atoms with Crippen LogP contribution in [0.1, 0.15) is 24.3 Å². The largest absolute Gasteiger partial charge is 0.494 e. The molecule has 2 nitrogen and oxygen atoms in total. The average Bonchev–Trinajstić information content (AvgIpc) is 2.43. The molecule has 110 valence electrons. The maximum absolute atomic E-state index is 13.2. The highest BCUT2D eigenvalue weighted by Crippen LogP contribution is 2.40. The van der Waals surface area contributed by atoms with Crippen molar-refractivity contribution in [2.24, 2.45) is 0 Å². The lowest BCUT2D eigenvalue weighted by molar-refractivity contribution is 0.368. The van der Waals surface area contributed by atoms with Gasteiger partial charge >= 0.3 is 0 Å². The van der Waals surface area contributed by atoms with E-state index in [1.807, 2.05) is 6.07 Å². The number of benzene rings is 2. The maximum atomic E-state index is 13.2. The fourth-order valence-corrected chi connectivity index (χ4v) is 2.77. The van der Waals surface area contributed by atoms with Crippen molar-refractivity contribution < 1.29 is 13.5 Å². The van der Waals surface area contributed by atoms with Crippen molar-refractivity contribution in [3.8, 4) is 5.75 Å². The van der Waals surface area contributed by atoms with Crippen LogP contribution in [0.15, 0.2) is 42.5 Å². The van der Waals surface area contributed by atoms with Gasteiger partial charge in [0, 0.05) is 12.1 Å². The summed E-state index contributed by atoms with van der Waals surface area (Å²) in [6, 6.07) is 11.5. The van der Waals surface area contributed by atoms with Gasteiger partial charge in [-0.1, -0.05) is 12.1 Å². The SMILES string of the molecule is COc1cc(F)ccc1NC1CC(c2cccc(F)c2)C1. The van der Waals surface area contributed by atoms with Crippen LogP contribution < -0.4 is 10.1 Å². The second kappa shape index (κ2) is 5.72. The predicted molar refractivity (Wildman–Crippen MR) is 78.7 cm³/mol. The first-order valence-corrected chi connectivity index (χ1v) is 7.01. The number of methoxy groups -OCH3 is 1. The van der Waals surface area contributed by atoms with Gasteiger partial charge in [0.15, 0.2) is 0 Å². The van der Waals surface area contributed by atoms with Crippen LogP contribution in [0.25, 0.3) is 0 Å². The van der Waals surface area contributed by atoms with E-state index in [0.29, 0.717) is 17.7 Å². The van der Waals surface area contributed by atoms with E-state index in [9.17, 15) is 8.78 Å². The van der Waals surface area contributed by atoms with E-state index < -0.39 is 0 Å². The minimum atomic E-state index is -0.316. The number of anilines is 1. The fourth-order valence-electron chi connectivity index (χ4n) is 2.77. The lowest BCUT2D eigenvalue weighted by Crippen LogP contribution is -2.34. The van der Waals surface area contributed by atoms with Gasteiger partial charge in [-0.05, 0) is 48.6 Å². The van der Waals surface area contributed by atoms with E-state index in [-0.39, 0.29) is 11.6 Å². The summed E-state index contributed by atoms with van der Waals surface area (Å²) in [6.45, 7) is 0. The molecule has 0 radical (unpaired) electrons. The summed E-state index contributed by atoms with van der Waals surface area (Å²) >= 11 is 0. The Bertz CT molecular complexity index is 638. The van der Waals surface area contributed by atoms with Gasteiger partial charge in [0.05, 0.1) is 12.8 Å². The number of halogens is 2. The van der Waals surface area contributed by atoms with Crippen molar-refractivity contribution in [1.82, 2.24) is 0 Å². The van der Waals surface area contributed by atoms with Crippen LogP contribution in [0.3, 0.4) is 0 Å². The average molecular weight is 289 g/mol. The first-order valence-electron chi connectivity index (χ1n) is 7.01. The van der Waals surface area contributed by atoms with Gasteiger partial charge in [0.1, 0.15) is 17.4 Å². The van der Waals surface area contributed by atoms with Crippen LogP contribution in [0.5, 0.6) is 5.75 Å². The summed E-state index contributed by atoms with van der Waals surface area (Å²) in [5.41, 5.74) is 1.83. The number of hydrogen-bond acceptors (Lipinski definition) is 2. The third-order valence-corrected chi connectivity index (χ3v) is 3.98. The van der Waals surface area contributed by atoms with E-state index >= 15 is 0 Å². The fraction of sp³-hybridized carbons (Fsp3) is 0.294. The number of nitrogens with one attached hydrogen (secondary N) is 1. The molecule has 0 amide bonds. The second-order valence-electron chi connectivity index (χ2n) is 5.41. The first kappa shape index (κ1) is 13.9. The Morgan fingerprint density at radius 3 is 2.52 bits per heavy atom.